The average Bonchev–Trinajstić information content (AvgIpc) is 3.04. The van der Waals surface area contributed by atoms with E-state index in [2.05, 4.69) is 15.5 Å². The first-order valence-corrected chi connectivity index (χ1v) is 8.15. The van der Waals surface area contributed by atoms with Gasteiger partial charge in [0, 0.05) is 12.1 Å². The summed E-state index contributed by atoms with van der Waals surface area (Å²) in [7, 11) is 1.59. The Morgan fingerprint density at radius 2 is 2.04 bits per heavy atom. The van der Waals surface area contributed by atoms with E-state index in [9.17, 15) is 4.79 Å². The topological polar surface area (TPSA) is 86.5 Å². The fourth-order valence-electron chi connectivity index (χ4n) is 2.44. The lowest BCUT2D eigenvalue weighted by Crippen LogP contribution is -2.14. The summed E-state index contributed by atoms with van der Waals surface area (Å²) in [6.07, 6.45) is 2.15. The number of rotatable bonds is 6. The van der Waals surface area contributed by atoms with Gasteiger partial charge in [-0.2, -0.15) is 0 Å². The van der Waals surface area contributed by atoms with Crippen molar-refractivity contribution in [3.05, 3.63) is 59.6 Å². The number of benzene rings is 1. The molecule has 0 radical (unpaired) electrons. The summed E-state index contributed by atoms with van der Waals surface area (Å²) in [4.78, 5) is 16.7. The van der Waals surface area contributed by atoms with E-state index in [0.29, 0.717) is 46.5 Å². The zero-order valence-corrected chi connectivity index (χ0v) is 14.8. The molecule has 26 heavy (non-hydrogen) atoms. The molecule has 0 aliphatic heterocycles. The monoisotopic (exact) mass is 353 g/mol. The first kappa shape index (κ1) is 17.5. The van der Waals surface area contributed by atoms with Gasteiger partial charge < -0.3 is 19.3 Å². The Balaban J connectivity index is 1.69. The minimum atomic E-state index is -0.274. The van der Waals surface area contributed by atoms with Crippen molar-refractivity contribution < 1.29 is 18.8 Å². The first-order chi connectivity index (χ1) is 12.6. The third-order valence-electron chi connectivity index (χ3n) is 3.75. The molecular formula is C19H19N3O4. The van der Waals surface area contributed by atoms with Gasteiger partial charge in [0.25, 0.3) is 5.91 Å². The number of nitrogens with zero attached hydrogens (tertiary/aromatic N) is 2. The Morgan fingerprint density at radius 1 is 1.23 bits per heavy atom. The molecule has 1 aromatic carbocycles. The number of pyridine rings is 1. The zero-order chi connectivity index (χ0) is 18.5. The Hall–Kier alpha value is -3.35. The second-order valence-corrected chi connectivity index (χ2v) is 5.53. The molecule has 0 aliphatic rings. The van der Waals surface area contributed by atoms with Gasteiger partial charge in [0.15, 0.2) is 0 Å². The van der Waals surface area contributed by atoms with Crippen molar-refractivity contribution >= 4 is 11.6 Å². The predicted molar refractivity (Wildman–Crippen MR) is 95.9 cm³/mol. The number of carbonyl (C=O) groups is 1. The van der Waals surface area contributed by atoms with Gasteiger partial charge in [-0.1, -0.05) is 18.1 Å². The molecule has 0 saturated carbocycles. The number of hydrogen-bond acceptors (Lipinski definition) is 6. The smallest absolute Gasteiger partial charge is 0.261 e. The lowest BCUT2D eigenvalue weighted by molar-refractivity contribution is 0.102. The highest BCUT2D eigenvalue weighted by atomic mass is 16.5. The summed E-state index contributed by atoms with van der Waals surface area (Å²) < 4.78 is 15.9. The number of nitrogens with one attached hydrogen (secondary N) is 1. The van der Waals surface area contributed by atoms with Crippen molar-refractivity contribution in [2.75, 3.05) is 12.4 Å². The minimum Gasteiger partial charge on any atom is -0.497 e. The predicted octanol–water partition coefficient (Wildman–Crippen LogP) is 3.99. The van der Waals surface area contributed by atoms with E-state index in [1.54, 1.807) is 38.3 Å². The molecule has 0 aliphatic carbocycles. The third kappa shape index (κ3) is 3.83. The van der Waals surface area contributed by atoms with Crippen LogP contribution < -0.4 is 14.8 Å². The molecule has 1 amide bonds. The number of anilines is 1. The Labute approximate surface area is 150 Å². The maximum atomic E-state index is 12.4. The molecule has 0 atom stereocenters. The van der Waals surface area contributed by atoms with Gasteiger partial charge >= 0.3 is 0 Å². The number of ether oxygens (including phenoxy) is 2. The molecular weight excluding hydrogens is 334 g/mol. The third-order valence-corrected chi connectivity index (χ3v) is 3.75. The van der Waals surface area contributed by atoms with Crippen molar-refractivity contribution in [2.45, 2.75) is 20.3 Å². The SMILES string of the molecule is CCc1noc(C)c1C(=O)Nc1ccc(Oc2cccc(OC)c2)nc1. The van der Waals surface area contributed by atoms with Gasteiger partial charge in [-0.15, -0.1) is 0 Å². The maximum absolute atomic E-state index is 12.4. The quantitative estimate of drug-likeness (QED) is 0.721. The van der Waals surface area contributed by atoms with Crippen LogP contribution in [0.3, 0.4) is 0 Å². The average molecular weight is 353 g/mol. The van der Waals surface area contributed by atoms with Gasteiger partial charge in [0.1, 0.15) is 22.8 Å². The van der Waals surface area contributed by atoms with Crippen LogP contribution in [0.4, 0.5) is 5.69 Å². The highest BCUT2D eigenvalue weighted by molar-refractivity contribution is 6.05. The van der Waals surface area contributed by atoms with Crippen LogP contribution in [0.1, 0.15) is 28.7 Å². The Bertz CT molecular complexity index is 903. The highest BCUT2D eigenvalue weighted by Gasteiger charge is 2.19. The molecule has 0 fully saturated rings. The van der Waals surface area contributed by atoms with Gasteiger partial charge in [0.2, 0.25) is 5.88 Å². The highest BCUT2D eigenvalue weighted by Crippen LogP contribution is 2.24. The number of aryl methyl sites for hydroxylation is 2. The van der Waals surface area contributed by atoms with Gasteiger partial charge in [-0.3, -0.25) is 4.79 Å². The zero-order valence-electron chi connectivity index (χ0n) is 14.8. The van der Waals surface area contributed by atoms with Gasteiger partial charge in [-0.05, 0) is 31.5 Å². The van der Waals surface area contributed by atoms with E-state index in [0.717, 1.165) is 0 Å². The van der Waals surface area contributed by atoms with Crippen LogP contribution in [0.25, 0.3) is 0 Å². The van der Waals surface area contributed by atoms with Crippen molar-refractivity contribution in [1.29, 1.82) is 0 Å². The summed E-state index contributed by atoms with van der Waals surface area (Å²) in [5.74, 6) is 1.93. The second-order valence-electron chi connectivity index (χ2n) is 5.53. The van der Waals surface area contributed by atoms with Crippen LogP contribution in [0, 0.1) is 6.92 Å². The summed E-state index contributed by atoms with van der Waals surface area (Å²) in [6, 6.07) is 10.6. The molecule has 7 nitrogen and oxygen atoms in total. The van der Waals surface area contributed by atoms with E-state index in [4.69, 9.17) is 14.0 Å². The molecule has 134 valence electrons. The summed E-state index contributed by atoms with van der Waals surface area (Å²) in [5, 5.41) is 6.68. The molecule has 7 heteroatoms. The van der Waals surface area contributed by atoms with Crippen molar-refractivity contribution in [3.8, 4) is 17.4 Å². The fourth-order valence-corrected chi connectivity index (χ4v) is 2.44. The lowest BCUT2D eigenvalue weighted by Gasteiger charge is -2.08. The van der Waals surface area contributed by atoms with Crippen LogP contribution in [-0.2, 0) is 6.42 Å². The van der Waals surface area contributed by atoms with E-state index < -0.39 is 0 Å². The second kappa shape index (κ2) is 7.69. The molecule has 2 heterocycles. The molecule has 0 unspecified atom stereocenters. The van der Waals surface area contributed by atoms with Crippen molar-refractivity contribution in [3.63, 3.8) is 0 Å². The van der Waals surface area contributed by atoms with Crippen LogP contribution in [0.2, 0.25) is 0 Å². The summed E-state index contributed by atoms with van der Waals surface area (Å²) >= 11 is 0. The molecule has 0 bridgehead atoms. The fraction of sp³-hybridized carbons (Fsp3) is 0.211. The van der Waals surface area contributed by atoms with Crippen LogP contribution >= 0.6 is 0 Å². The number of aromatic nitrogens is 2. The molecule has 0 saturated heterocycles. The Kier molecular flexibility index (Phi) is 5.17. The first-order valence-electron chi connectivity index (χ1n) is 8.15. The van der Waals surface area contributed by atoms with E-state index in [-0.39, 0.29) is 5.91 Å². The Morgan fingerprint density at radius 3 is 2.73 bits per heavy atom. The van der Waals surface area contributed by atoms with E-state index >= 15 is 0 Å². The van der Waals surface area contributed by atoms with Gasteiger partial charge in [0.05, 0.1) is 24.7 Å². The van der Waals surface area contributed by atoms with Crippen LogP contribution in [0.5, 0.6) is 17.4 Å². The number of hydrogen-bond donors (Lipinski definition) is 1. The van der Waals surface area contributed by atoms with E-state index in [1.165, 1.54) is 6.20 Å². The number of methoxy groups -OCH3 is 1. The lowest BCUT2D eigenvalue weighted by atomic mass is 10.1. The summed E-state index contributed by atoms with van der Waals surface area (Å²) in [6.45, 7) is 3.63. The molecule has 0 spiro atoms. The summed E-state index contributed by atoms with van der Waals surface area (Å²) in [5.41, 5.74) is 1.64. The number of amides is 1. The maximum Gasteiger partial charge on any atom is 0.261 e. The molecule has 1 N–H and O–H groups in total. The molecule has 3 rings (SSSR count). The normalized spacial score (nSPS) is 10.4. The van der Waals surface area contributed by atoms with Gasteiger partial charge in [-0.25, -0.2) is 4.98 Å². The molecule has 2 aromatic heterocycles. The van der Waals surface area contributed by atoms with Crippen LogP contribution in [0.15, 0.2) is 47.1 Å². The van der Waals surface area contributed by atoms with Crippen LogP contribution in [-0.4, -0.2) is 23.2 Å². The van der Waals surface area contributed by atoms with E-state index in [1.807, 2.05) is 19.1 Å². The van der Waals surface area contributed by atoms with Crippen molar-refractivity contribution in [1.82, 2.24) is 10.1 Å². The largest absolute Gasteiger partial charge is 0.497 e. The minimum absolute atomic E-state index is 0.274. The standard InChI is InChI=1S/C19H19N3O4/c1-4-16-18(12(2)26-22-16)19(23)21-13-8-9-17(20-11-13)25-15-7-5-6-14(10-15)24-3/h5-11H,4H2,1-3H3,(H,21,23). The molecule has 3 aromatic rings. The number of carbonyl (C=O) groups excluding carboxylic acids is 1. The van der Waals surface area contributed by atoms with Crippen molar-refractivity contribution in [2.24, 2.45) is 0 Å².